The van der Waals surface area contributed by atoms with Gasteiger partial charge in [0, 0.05) is 30.7 Å². The van der Waals surface area contributed by atoms with E-state index in [2.05, 4.69) is 13.8 Å². The standard InChI is InChI=1S/C26H34O7/c1-14(27)32-21-20(15-4-5-19(29)31-13-15)24(3)10-7-17-18(26(24)22(21)33-26)8-11-25(30)12-16(28)6-9-23(17,25)2/h4-5,13,16-18,20-22,28,30H,6-12H2,1-3H3/t16-,17+,18+,20-,21+,22+,23+,24+,25-,26+/m0/s1. The summed E-state index contributed by atoms with van der Waals surface area (Å²) in [4.78, 5) is 23.7. The van der Waals surface area contributed by atoms with Gasteiger partial charge in [-0.05, 0) is 67.4 Å². The highest BCUT2D eigenvalue weighted by atomic mass is 16.7. The molecule has 1 spiro atoms. The van der Waals surface area contributed by atoms with Crippen LogP contribution in [0.3, 0.4) is 0 Å². The zero-order valence-corrected chi connectivity index (χ0v) is 19.6. The van der Waals surface area contributed by atoms with E-state index in [1.807, 2.05) is 0 Å². The van der Waals surface area contributed by atoms with Crippen LogP contribution in [0.5, 0.6) is 0 Å². The summed E-state index contributed by atoms with van der Waals surface area (Å²) in [5, 5.41) is 22.0. The van der Waals surface area contributed by atoms with E-state index in [1.165, 1.54) is 19.3 Å². The van der Waals surface area contributed by atoms with Crippen LogP contribution in [0.4, 0.5) is 0 Å². The van der Waals surface area contributed by atoms with Crippen molar-refractivity contribution in [1.29, 1.82) is 0 Å². The minimum Gasteiger partial charge on any atom is -0.459 e. The van der Waals surface area contributed by atoms with E-state index < -0.39 is 29.0 Å². The number of carbonyl (C=O) groups is 1. The fraction of sp³-hybridized carbons (Fsp3) is 0.769. The van der Waals surface area contributed by atoms with Gasteiger partial charge in [0.15, 0.2) is 0 Å². The van der Waals surface area contributed by atoms with Crippen molar-refractivity contribution in [2.75, 3.05) is 0 Å². The SMILES string of the molecule is CC(=O)O[C@H]1[C@H]2O[C@]23[C@@H]2CC[C@]4(O)C[C@@H](O)CC[C@]4(C)[C@@H]2CC[C@]3(C)[C@H]1c1ccc(=O)oc1. The summed E-state index contributed by atoms with van der Waals surface area (Å²) in [7, 11) is 0. The highest BCUT2D eigenvalue weighted by molar-refractivity contribution is 5.66. The number of fused-ring (bicyclic) bond motifs is 3. The molecule has 5 aliphatic rings. The molecule has 1 aromatic heterocycles. The monoisotopic (exact) mass is 458 g/mol. The number of hydrogen-bond donors (Lipinski definition) is 2. The fourth-order valence-electron chi connectivity index (χ4n) is 9.10. The molecule has 0 aromatic carbocycles. The van der Waals surface area contributed by atoms with Crippen molar-refractivity contribution in [1.82, 2.24) is 0 Å². The van der Waals surface area contributed by atoms with Crippen molar-refractivity contribution in [3.05, 3.63) is 34.4 Å². The van der Waals surface area contributed by atoms with Crippen LogP contribution >= 0.6 is 0 Å². The molecular weight excluding hydrogens is 424 g/mol. The number of ether oxygens (including phenoxy) is 2. The first-order valence-corrected chi connectivity index (χ1v) is 12.4. The highest BCUT2D eigenvalue weighted by Crippen LogP contribution is 2.78. The van der Waals surface area contributed by atoms with E-state index in [4.69, 9.17) is 13.9 Å². The fourth-order valence-corrected chi connectivity index (χ4v) is 9.10. The maximum absolute atomic E-state index is 12.1. The Morgan fingerprint density at radius 2 is 1.82 bits per heavy atom. The number of aliphatic hydroxyl groups is 2. The Morgan fingerprint density at radius 3 is 2.52 bits per heavy atom. The summed E-state index contributed by atoms with van der Waals surface area (Å²) < 4.78 is 17.7. The third-order valence-corrected chi connectivity index (χ3v) is 10.6. The van der Waals surface area contributed by atoms with Crippen molar-refractivity contribution >= 4 is 5.97 Å². The van der Waals surface area contributed by atoms with Crippen LogP contribution in [-0.2, 0) is 14.3 Å². The van der Waals surface area contributed by atoms with Gasteiger partial charge < -0.3 is 24.1 Å². The zero-order valence-electron chi connectivity index (χ0n) is 19.6. The highest BCUT2D eigenvalue weighted by Gasteiger charge is 2.85. The Morgan fingerprint density at radius 1 is 1.09 bits per heavy atom. The third kappa shape index (κ3) is 2.62. The average Bonchev–Trinajstić information content (AvgIpc) is 3.45. The molecule has 1 saturated heterocycles. The Kier molecular flexibility index (Phi) is 4.43. The van der Waals surface area contributed by atoms with Gasteiger partial charge in [-0.3, -0.25) is 4.79 Å². The van der Waals surface area contributed by atoms with E-state index >= 15 is 0 Å². The van der Waals surface area contributed by atoms with E-state index in [-0.39, 0.29) is 40.7 Å². The van der Waals surface area contributed by atoms with E-state index in [1.54, 1.807) is 6.07 Å². The van der Waals surface area contributed by atoms with Crippen LogP contribution in [0.1, 0.15) is 77.2 Å². The van der Waals surface area contributed by atoms with Crippen LogP contribution in [0.2, 0.25) is 0 Å². The third-order valence-electron chi connectivity index (χ3n) is 10.6. The molecule has 7 nitrogen and oxygen atoms in total. The molecule has 1 aliphatic heterocycles. The van der Waals surface area contributed by atoms with Crippen LogP contribution in [0, 0.1) is 22.7 Å². The minimum atomic E-state index is -0.850. The van der Waals surface area contributed by atoms with Gasteiger partial charge in [-0.15, -0.1) is 0 Å². The molecular formula is C26H34O7. The summed E-state index contributed by atoms with van der Waals surface area (Å²) in [5.74, 6) is 0.0816. The lowest BCUT2D eigenvalue weighted by Crippen LogP contribution is -2.65. The molecule has 4 aliphatic carbocycles. The number of carbonyl (C=O) groups excluding carboxylic acids is 1. The maximum Gasteiger partial charge on any atom is 0.335 e. The summed E-state index contributed by atoms with van der Waals surface area (Å²) in [6, 6.07) is 3.23. The predicted octanol–water partition coefficient (Wildman–Crippen LogP) is 2.91. The quantitative estimate of drug-likeness (QED) is 0.518. The van der Waals surface area contributed by atoms with Gasteiger partial charge in [-0.1, -0.05) is 13.8 Å². The van der Waals surface area contributed by atoms with Crippen LogP contribution in [0.15, 0.2) is 27.6 Å². The molecule has 7 heteroatoms. The van der Waals surface area contributed by atoms with Gasteiger partial charge in [0.05, 0.1) is 18.0 Å². The van der Waals surface area contributed by atoms with E-state index in [0.717, 1.165) is 37.7 Å². The topological polar surface area (TPSA) is 110 Å². The second-order valence-corrected chi connectivity index (χ2v) is 11.8. The van der Waals surface area contributed by atoms with Crippen molar-refractivity contribution in [2.24, 2.45) is 22.7 Å². The lowest BCUT2D eigenvalue weighted by molar-refractivity contribution is -0.224. The number of aliphatic hydroxyl groups excluding tert-OH is 1. The Balaban J connectivity index is 1.42. The zero-order chi connectivity index (χ0) is 23.4. The average molecular weight is 459 g/mol. The summed E-state index contributed by atoms with van der Waals surface area (Å²) >= 11 is 0. The van der Waals surface area contributed by atoms with Crippen LogP contribution in [0.25, 0.3) is 0 Å². The van der Waals surface area contributed by atoms with Crippen molar-refractivity contribution in [2.45, 2.75) is 101 Å². The lowest BCUT2D eigenvalue weighted by Gasteiger charge is -2.63. The Hall–Kier alpha value is -1.70. The number of epoxide rings is 1. The van der Waals surface area contributed by atoms with Crippen molar-refractivity contribution < 1.29 is 28.9 Å². The second kappa shape index (κ2) is 6.70. The summed E-state index contributed by atoms with van der Waals surface area (Å²) in [6.07, 6.45) is 5.74. The first-order valence-electron chi connectivity index (χ1n) is 12.4. The summed E-state index contributed by atoms with van der Waals surface area (Å²) in [5.41, 5.74) is -1.34. The minimum absolute atomic E-state index is 0.118. The molecule has 2 heterocycles. The largest absolute Gasteiger partial charge is 0.459 e. The molecule has 0 bridgehead atoms. The normalized spacial score (nSPS) is 52.2. The number of hydrogen-bond acceptors (Lipinski definition) is 7. The molecule has 6 rings (SSSR count). The molecule has 10 atom stereocenters. The molecule has 0 radical (unpaired) electrons. The van der Waals surface area contributed by atoms with Crippen LogP contribution < -0.4 is 5.63 Å². The molecule has 0 amide bonds. The molecule has 33 heavy (non-hydrogen) atoms. The number of rotatable bonds is 2. The Bertz CT molecular complexity index is 1030. The lowest BCUT2D eigenvalue weighted by atomic mass is 9.42. The van der Waals surface area contributed by atoms with Gasteiger partial charge in [-0.25, -0.2) is 4.79 Å². The van der Waals surface area contributed by atoms with Crippen LogP contribution in [-0.4, -0.2) is 45.7 Å². The van der Waals surface area contributed by atoms with Gasteiger partial charge in [0.1, 0.15) is 17.8 Å². The summed E-state index contributed by atoms with van der Waals surface area (Å²) in [6.45, 7) is 5.89. The van der Waals surface area contributed by atoms with E-state index in [0.29, 0.717) is 12.8 Å². The van der Waals surface area contributed by atoms with Gasteiger partial charge in [-0.2, -0.15) is 0 Å². The number of esters is 1. The van der Waals surface area contributed by atoms with Crippen molar-refractivity contribution in [3.63, 3.8) is 0 Å². The second-order valence-electron chi connectivity index (χ2n) is 11.8. The molecule has 2 N–H and O–H groups in total. The van der Waals surface area contributed by atoms with E-state index in [9.17, 15) is 19.8 Å². The smallest absolute Gasteiger partial charge is 0.335 e. The van der Waals surface area contributed by atoms with Gasteiger partial charge >= 0.3 is 11.6 Å². The molecule has 4 saturated carbocycles. The first-order chi connectivity index (χ1) is 15.6. The first kappa shape index (κ1) is 21.8. The molecule has 180 valence electrons. The van der Waals surface area contributed by atoms with Crippen molar-refractivity contribution in [3.8, 4) is 0 Å². The molecule has 1 aromatic rings. The Labute approximate surface area is 193 Å². The molecule has 5 fully saturated rings. The molecule has 0 unspecified atom stereocenters. The van der Waals surface area contributed by atoms with Gasteiger partial charge in [0.25, 0.3) is 0 Å². The predicted molar refractivity (Wildman–Crippen MR) is 117 cm³/mol. The van der Waals surface area contributed by atoms with Gasteiger partial charge in [0.2, 0.25) is 0 Å². The maximum atomic E-state index is 12.1.